The van der Waals surface area contributed by atoms with Gasteiger partial charge in [0, 0.05) is 11.1 Å². The molecule has 1 aromatic carbocycles. The third kappa shape index (κ3) is 1.60. The van der Waals surface area contributed by atoms with Crippen LogP contribution in [-0.4, -0.2) is 21.3 Å². The summed E-state index contributed by atoms with van der Waals surface area (Å²) >= 11 is 0. The van der Waals surface area contributed by atoms with Gasteiger partial charge in [-0.3, -0.25) is 0 Å². The zero-order chi connectivity index (χ0) is 12.4. The first-order valence-electron chi connectivity index (χ1n) is 5.19. The summed E-state index contributed by atoms with van der Waals surface area (Å²) in [6, 6.07) is 3.99. The Morgan fingerprint density at radius 3 is 2.35 bits per heavy atom. The van der Waals surface area contributed by atoms with E-state index < -0.39 is 0 Å². The molecule has 0 saturated heterocycles. The van der Waals surface area contributed by atoms with E-state index in [4.69, 9.17) is 19.5 Å². The number of methoxy groups -OCH3 is 3. The van der Waals surface area contributed by atoms with Crippen molar-refractivity contribution in [2.75, 3.05) is 21.3 Å². The molecular formula is C13H13NO3. The molecule has 0 fully saturated rings. The Kier molecular flexibility index (Phi) is 2.92. The second-order valence-corrected chi connectivity index (χ2v) is 3.61. The lowest BCUT2D eigenvalue weighted by molar-refractivity contribution is 0.322. The number of ether oxygens (including phenoxy) is 3. The smallest absolute Gasteiger partial charge is 0.203 e. The van der Waals surface area contributed by atoms with Gasteiger partial charge in [0.15, 0.2) is 11.5 Å². The van der Waals surface area contributed by atoms with Gasteiger partial charge in [0.05, 0.1) is 33.0 Å². The van der Waals surface area contributed by atoms with Crippen molar-refractivity contribution in [3.63, 3.8) is 0 Å². The van der Waals surface area contributed by atoms with Crippen LogP contribution >= 0.6 is 0 Å². The van der Waals surface area contributed by atoms with Gasteiger partial charge in [-0.05, 0) is 12.5 Å². The molecule has 0 spiro atoms. The number of nitriles is 1. The van der Waals surface area contributed by atoms with Crippen LogP contribution in [0.2, 0.25) is 0 Å². The Labute approximate surface area is 100 Å². The van der Waals surface area contributed by atoms with Gasteiger partial charge in [0.25, 0.3) is 0 Å². The molecule has 0 amide bonds. The van der Waals surface area contributed by atoms with Gasteiger partial charge in [-0.2, -0.15) is 5.26 Å². The summed E-state index contributed by atoms with van der Waals surface area (Å²) in [5.41, 5.74) is 2.49. The highest BCUT2D eigenvalue weighted by Gasteiger charge is 2.24. The fourth-order valence-corrected chi connectivity index (χ4v) is 2.08. The Hall–Kier alpha value is -2.15. The van der Waals surface area contributed by atoms with Crippen LogP contribution in [0.5, 0.6) is 17.2 Å². The van der Waals surface area contributed by atoms with Gasteiger partial charge >= 0.3 is 0 Å². The number of fused-ring (bicyclic) bond motifs is 1. The molecule has 88 valence electrons. The van der Waals surface area contributed by atoms with Crippen molar-refractivity contribution in [3.05, 3.63) is 23.3 Å². The quantitative estimate of drug-likeness (QED) is 0.800. The number of nitrogens with zero attached hydrogens (tertiary/aromatic N) is 1. The average Bonchev–Trinajstić information content (AvgIpc) is 2.78. The van der Waals surface area contributed by atoms with Crippen LogP contribution in [0.4, 0.5) is 0 Å². The van der Waals surface area contributed by atoms with Gasteiger partial charge in [-0.15, -0.1) is 0 Å². The molecule has 2 rings (SSSR count). The summed E-state index contributed by atoms with van der Waals surface area (Å²) < 4.78 is 15.9. The second-order valence-electron chi connectivity index (χ2n) is 3.61. The Morgan fingerprint density at radius 1 is 1.12 bits per heavy atom. The summed E-state index contributed by atoms with van der Waals surface area (Å²) in [6.45, 7) is 0. The SMILES string of the molecule is COc1cc2c(c(OC)c1OC)CC=C2C#N. The minimum Gasteiger partial charge on any atom is -0.493 e. The summed E-state index contributed by atoms with van der Waals surface area (Å²) in [7, 11) is 4.72. The highest BCUT2D eigenvalue weighted by atomic mass is 16.5. The van der Waals surface area contributed by atoms with Crippen LogP contribution in [-0.2, 0) is 6.42 Å². The lowest BCUT2D eigenvalue weighted by Gasteiger charge is -2.16. The molecule has 0 aromatic heterocycles. The van der Waals surface area contributed by atoms with Gasteiger partial charge in [-0.1, -0.05) is 6.08 Å². The maximum Gasteiger partial charge on any atom is 0.203 e. The molecule has 0 atom stereocenters. The monoisotopic (exact) mass is 231 g/mol. The predicted molar refractivity (Wildman–Crippen MR) is 63.4 cm³/mol. The molecule has 0 saturated carbocycles. The first-order chi connectivity index (χ1) is 8.26. The van der Waals surface area contributed by atoms with E-state index in [2.05, 4.69) is 6.07 Å². The van der Waals surface area contributed by atoms with E-state index in [0.29, 0.717) is 29.2 Å². The first-order valence-corrected chi connectivity index (χ1v) is 5.19. The summed E-state index contributed by atoms with van der Waals surface area (Å²) in [4.78, 5) is 0. The molecule has 0 N–H and O–H groups in total. The highest BCUT2D eigenvalue weighted by Crippen LogP contribution is 2.46. The van der Waals surface area contributed by atoms with Crippen molar-refractivity contribution in [2.24, 2.45) is 0 Å². The van der Waals surface area contributed by atoms with Crippen LogP contribution in [0, 0.1) is 11.3 Å². The standard InChI is InChI=1S/C13H13NO3/c1-15-11-6-10-8(7-14)4-5-9(10)12(16-2)13(11)17-3/h4,6H,5H2,1-3H3. The highest BCUT2D eigenvalue weighted by molar-refractivity contribution is 5.86. The zero-order valence-electron chi connectivity index (χ0n) is 10.0. The fourth-order valence-electron chi connectivity index (χ4n) is 2.08. The third-order valence-corrected chi connectivity index (χ3v) is 2.85. The Morgan fingerprint density at radius 2 is 1.82 bits per heavy atom. The second kappa shape index (κ2) is 4.38. The molecule has 1 aliphatic rings. The molecule has 0 heterocycles. The normalized spacial score (nSPS) is 12.5. The average molecular weight is 231 g/mol. The van der Waals surface area contributed by atoms with Gasteiger partial charge in [0.1, 0.15) is 0 Å². The molecule has 0 unspecified atom stereocenters. The third-order valence-electron chi connectivity index (χ3n) is 2.85. The minimum absolute atomic E-state index is 0.571. The maximum absolute atomic E-state index is 9.04. The molecule has 0 radical (unpaired) electrons. The molecule has 1 aromatic rings. The molecule has 4 nitrogen and oxygen atoms in total. The number of hydrogen-bond donors (Lipinski definition) is 0. The summed E-state index contributed by atoms with van der Waals surface area (Å²) in [6.07, 6.45) is 2.56. The van der Waals surface area contributed by atoms with Crippen LogP contribution < -0.4 is 14.2 Å². The van der Waals surface area contributed by atoms with E-state index >= 15 is 0 Å². The van der Waals surface area contributed by atoms with Crippen molar-refractivity contribution in [1.29, 1.82) is 5.26 Å². The topological polar surface area (TPSA) is 51.5 Å². The lowest BCUT2D eigenvalue weighted by atomic mass is 10.0. The number of rotatable bonds is 3. The predicted octanol–water partition coefficient (Wildman–Crippen LogP) is 2.18. The molecule has 0 bridgehead atoms. The van der Waals surface area contributed by atoms with Crippen molar-refractivity contribution >= 4 is 5.57 Å². The van der Waals surface area contributed by atoms with Crippen LogP contribution in [0.1, 0.15) is 11.1 Å². The molecule has 0 aliphatic heterocycles. The zero-order valence-corrected chi connectivity index (χ0v) is 10.0. The van der Waals surface area contributed by atoms with Gasteiger partial charge in [0.2, 0.25) is 5.75 Å². The van der Waals surface area contributed by atoms with Gasteiger partial charge in [-0.25, -0.2) is 0 Å². The molecule has 1 aliphatic carbocycles. The van der Waals surface area contributed by atoms with E-state index in [9.17, 15) is 0 Å². The molecule has 4 heteroatoms. The number of benzene rings is 1. The van der Waals surface area contributed by atoms with Crippen LogP contribution in [0.3, 0.4) is 0 Å². The first kappa shape index (κ1) is 11.3. The van der Waals surface area contributed by atoms with Crippen molar-refractivity contribution in [3.8, 4) is 23.3 Å². The lowest BCUT2D eigenvalue weighted by Crippen LogP contribution is -1.99. The van der Waals surface area contributed by atoms with E-state index in [0.717, 1.165) is 11.1 Å². The number of allylic oxidation sites excluding steroid dienone is 2. The van der Waals surface area contributed by atoms with Crippen LogP contribution in [0.25, 0.3) is 5.57 Å². The van der Waals surface area contributed by atoms with Crippen molar-refractivity contribution in [1.82, 2.24) is 0 Å². The van der Waals surface area contributed by atoms with E-state index in [1.54, 1.807) is 21.3 Å². The summed E-state index contributed by atoms with van der Waals surface area (Å²) in [5.74, 6) is 1.79. The van der Waals surface area contributed by atoms with Crippen molar-refractivity contribution in [2.45, 2.75) is 6.42 Å². The Balaban J connectivity index is 2.69. The maximum atomic E-state index is 9.04. The Bertz CT molecular complexity index is 526. The fraction of sp³-hybridized carbons (Fsp3) is 0.308. The van der Waals surface area contributed by atoms with E-state index in [1.165, 1.54) is 0 Å². The minimum atomic E-state index is 0.571. The number of hydrogen-bond acceptors (Lipinski definition) is 4. The van der Waals surface area contributed by atoms with E-state index in [1.807, 2.05) is 12.1 Å². The summed E-state index contributed by atoms with van der Waals surface area (Å²) in [5, 5.41) is 9.04. The van der Waals surface area contributed by atoms with Crippen molar-refractivity contribution < 1.29 is 14.2 Å². The van der Waals surface area contributed by atoms with E-state index in [-0.39, 0.29) is 0 Å². The van der Waals surface area contributed by atoms with Crippen LogP contribution in [0.15, 0.2) is 12.1 Å². The largest absolute Gasteiger partial charge is 0.493 e. The molecular weight excluding hydrogens is 218 g/mol. The van der Waals surface area contributed by atoms with Gasteiger partial charge < -0.3 is 14.2 Å². The molecule has 17 heavy (non-hydrogen) atoms.